The van der Waals surface area contributed by atoms with Crippen molar-refractivity contribution in [3.8, 4) is 0 Å². The first-order valence-corrected chi connectivity index (χ1v) is 5.69. The maximum absolute atomic E-state index is 13.5. The standard InChI is InChI=1S/C13H13F2NO2/c14-9-6-11-8(5-13(18)16-3-4-17)1-2-10(11)12(15)7-9/h5-7,17H,1-4H2,(H,16,18)/b8-5-. The van der Waals surface area contributed by atoms with Gasteiger partial charge in [-0.1, -0.05) is 0 Å². The zero-order valence-corrected chi connectivity index (χ0v) is 9.67. The van der Waals surface area contributed by atoms with Crippen molar-refractivity contribution in [1.82, 2.24) is 5.32 Å². The molecule has 0 aromatic heterocycles. The summed E-state index contributed by atoms with van der Waals surface area (Å²) in [6, 6.07) is 2.10. The number of benzene rings is 1. The molecule has 5 heteroatoms. The Hall–Kier alpha value is -1.75. The molecule has 2 rings (SSSR count). The molecule has 1 aliphatic rings. The molecule has 1 aromatic rings. The van der Waals surface area contributed by atoms with Crippen molar-refractivity contribution >= 4 is 11.5 Å². The lowest BCUT2D eigenvalue weighted by Crippen LogP contribution is -2.24. The first-order valence-electron chi connectivity index (χ1n) is 5.69. The molecule has 0 saturated heterocycles. The molecule has 0 fully saturated rings. The number of halogens is 2. The predicted molar refractivity (Wildman–Crippen MR) is 62.8 cm³/mol. The summed E-state index contributed by atoms with van der Waals surface area (Å²) in [5.74, 6) is -1.57. The third-order valence-electron chi connectivity index (χ3n) is 2.87. The normalized spacial score (nSPS) is 15.8. The number of carbonyl (C=O) groups is 1. The van der Waals surface area contributed by atoms with Gasteiger partial charge in [0.05, 0.1) is 6.61 Å². The van der Waals surface area contributed by atoms with E-state index in [0.717, 1.165) is 6.07 Å². The fourth-order valence-corrected chi connectivity index (χ4v) is 2.08. The molecule has 1 aliphatic carbocycles. The van der Waals surface area contributed by atoms with E-state index in [-0.39, 0.29) is 19.1 Å². The van der Waals surface area contributed by atoms with Crippen LogP contribution in [0.3, 0.4) is 0 Å². The third-order valence-corrected chi connectivity index (χ3v) is 2.87. The maximum Gasteiger partial charge on any atom is 0.244 e. The first-order chi connectivity index (χ1) is 8.61. The van der Waals surface area contributed by atoms with Crippen molar-refractivity contribution in [2.24, 2.45) is 0 Å². The molecule has 0 unspecified atom stereocenters. The van der Waals surface area contributed by atoms with E-state index in [1.165, 1.54) is 12.1 Å². The topological polar surface area (TPSA) is 49.3 Å². The second-order valence-electron chi connectivity index (χ2n) is 4.10. The minimum Gasteiger partial charge on any atom is -0.395 e. The van der Waals surface area contributed by atoms with Crippen LogP contribution in [0, 0.1) is 11.6 Å². The van der Waals surface area contributed by atoms with Crippen LogP contribution in [0.2, 0.25) is 0 Å². The maximum atomic E-state index is 13.5. The number of allylic oxidation sites excluding steroid dienone is 1. The van der Waals surface area contributed by atoms with Crippen molar-refractivity contribution in [1.29, 1.82) is 0 Å². The van der Waals surface area contributed by atoms with E-state index in [0.29, 0.717) is 29.5 Å². The van der Waals surface area contributed by atoms with Gasteiger partial charge >= 0.3 is 0 Å². The van der Waals surface area contributed by atoms with Gasteiger partial charge in [-0.25, -0.2) is 8.78 Å². The van der Waals surface area contributed by atoms with Gasteiger partial charge in [-0.15, -0.1) is 0 Å². The van der Waals surface area contributed by atoms with Gasteiger partial charge in [0.15, 0.2) is 0 Å². The minimum absolute atomic E-state index is 0.144. The summed E-state index contributed by atoms with van der Waals surface area (Å²) in [6.45, 7) is 0.0156. The number of fused-ring (bicyclic) bond motifs is 1. The summed E-state index contributed by atoms with van der Waals surface area (Å²) >= 11 is 0. The summed E-state index contributed by atoms with van der Waals surface area (Å²) in [5.41, 5.74) is 1.54. The lowest BCUT2D eigenvalue weighted by molar-refractivity contribution is -0.116. The van der Waals surface area contributed by atoms with Gasteiger partial charge in [0.2, 0.25) is 5.91 Å². The average Bonchev–Trinajstić information content (AvgIpc) is 2.70. The summed E-state index contributed by atoms with van der Waals surface area (Å²) in [5, 5.41) is 11.0. The number of hydrogen-bond acceptors (Lipinski definition) is 2. The fourth-order valence-electron chi connectivity index (χ4n) is 2.08. The van der Waals surface area contributed by atoms with E-state index >= 15 is 0 Å². The Bertz CT molecular complexity index is 512. The second kappa shape index (κ2) is 5.27. The van der Waals surface area contributed by atoms with Gasteiger partial charge in [0.1, 0.15) is 11.6 Å². The summed E-state index contributed by atoms with van der Waals surface area (Å²) in [4.78, 5) is 11.5. The number of rotatable bonds is 3. The Morgan fingerprint density at radius 1 is 1.39 bits per heavy atom. The van der Waals surface area contributed by atoms with Crippen molar-refractivity contribution < 1.29 is 18.7 Å². The largest absolute Gasteiger partial charge is 0.395 e. The lowest BCUT2D eigenvalue weighted by Gasteiger charge is -2.03. The fraction of sp³-hybridized carbons (Fsp3) is 0.308. The van der Waals surface area contributed by atoms with Crippen molar-refractivity contribution in [3.05, 3.63) is 41.0 Å². The minimum atomic E-state index is -0.644. The van der Waals surface area contributed by atoms with Crippen LogP contribution in [0.25, 0.3) is 5.57 Å². The van der Waals surface area contributed by atoms with Crippen LogP contribution < -0.4 is 5.32 Å². The summed E-state index contributed by atoms with van der Waals surface area (Å²) < 4.78 is 26.6. The quantitative estimate of drug-likeness (QED) is 0.800. The second-order valence-corrected chi connectivity index (χ2v) is 4.10. The molecular formula is C13H13F2NO2. The highest BCUT2D eigenvalue weighted by Crippen LogP contribution is 2.34. The van der Waals surface area contributed by atoms with E-state index in [9.17, 15) is 13.6 Å². The molecule has 0 saturated carbocycles. The van der Waals surface area contributed by atoms with Crippen LogP contribution in [0.5, 0.6) is 0 Å². The molecule has 0 heterocycles. The van der Waals surface area contributed by atoms with E-state index in [2.05, 4.69) is 5.32 Å². The number of aliphatic hydroxyl groups is 1. The predicted octanol–water partition coefficient (Wildman–Crippen LogP) is 1.40. The molecular weight excluding hydrogens is 240 g/mol. The smallest absolute Gasteiger partial charge is 0.244 e. The third kappa shape index (κ3) is 2.56. The highest BCUT2D eigenvalue weighted by atomic mass is 19.1. The van der Waals surface area contributed by atoms with Crippen LogP contribution in [0.4, 0.5) is 8.78 Å². The van der Waals surface area contributed by atoms with E-state index in [1.807, 2.05) is 0 Å². The van der Waals surface area contributed by atoms with E-state index in [4.69, 9.17) is 5.11 Å². The molecule has 3 nitrogen and oxygen atoms in total. The van der Waals surface area contributed by atoms with Gasteiger partial charge < -0.3 is 10.4 Å². The van der Waals surface area contributed by atoms with E-state index in [1.54, 1.807) is 0 Å². The number of nitrogens with one attached hydrogen (secondary N) is 1. The zero-order valence-electron chi connectivity index (χ0n) is 9.67. The molecule has 1 aromatic carbocycles. The van der Waals surface area contributed by atoms with Crippen LogP contribution >= 0.6 is 0 Å². The molecule has 18 heavy (non-hydrogen) atoms. The van der Waals surface area contributed by atoms with Crippen LogP contribution in [0.15, 0.2) is 18.2 Å². The lowest BCUT2D eigenvalue weighted by atomic mass is 10.1. The number of amides is 1. The van der Waals surface area contributed by atoms with Crippen molar-refractivity contribution in [2.75, 3.05) is 13.2 Å². The number of aliphatic hydroxyl groups excluding tert-OH is 1. The molecule has 0 bridgehead atoms. The van der Waals surface area contributed by atoms with E-state index < -0.39 is 11.6 Å². The highest BCUT2D eigenvalue weighted by Gasteiger charge is 2.21. The Kier molecular flexibility index (Phi) is 3.72. The monoisotopic (exact) mass is 253 g/mol. The van der Waals surface area contributed by atoms with Gasteiger partial charge in [0.25, 0.3) is 0 Å². The van der Waals surface area contributed by atoms with Gasteiger partial charge in [-0.2, -0.15) is 0 Å². The van der Waals surface area contributed by atoms with Gasteiger partial charge in [-0.05, 0) is 35.6 Å². The first kappa shape index (κ1) is 12.7. The zero-order chi connectivity index (χ0) is 13.1. The Balaban J connectivity index is 2.26. The summed E-state index contributed by atoms with van der Waals surface area (Å²) in [6.07, 6.45) is 2.32. The number of hydrogen-bond donors (Lipinski definition) is 2. The molecule has 1 amide bonds. The highest BCUT2D eigenvalue weighted by molar-refractivity contribution is 5.96. The molecule has 0 spiro atoms. The van der Waals surface area contributed by atoms with Crippen LogP contribution in [-0.2, 0) is 11.2 Å². The SMILES string of the molecule is O=C(/C=C1/CCc2c(F)cc(F)cc21)NCCO. The molecule has 0 radical (unpaired) electrons. The summed E-state index contributed by atoms with van der Waals surface area (Å²) in [7, 11) is 0. The molecule has 0 aliphatic heterocycles. The Labute approximate surface area is 103 Å². The van der Waals surface area contributed by atoms with Crippen molar-refractivity contribution in [3.63, 3.8) is 0 Å². The Morgan fingerprint density at radius 2 is 2.17 bits per heavy atom. The van der Waals surface area contributed by atoms with Crippen molar-refractivity contribution in [2.45, 2.75) is 12.8 Å². The Morgan fingerprint density at radius 3 is 2.89 bits per heavy atom. The van der Waals surface area contributed by atoms with Crippen LogP contribution in [0.1, 0.15) is 17.5 Å². The van der Waals surface area contributed by atoms with Gasteiger partial charge in [0, 0.05) is 18.7 Å². The molecule has 2 N–H and O–H groups in total. The van der Waals surface area contributed by atoms with Gasteiger partial charge in [-0.3, -0.25) is 4.79 Å². The average molecular weight is 253 g/mol. The number of carbonyl (C=O) groups excluding carboxylic acids is 1. The van der Waals surface area contributed by atoms with Crippen LogP contribution in [-0.4, -0.2) is 24.2 Å². The molecule has 96 valence electrons. The molecule has 0 atom stereocenters.